The fourth-order valence-electron chi connectivity index (χ4n) is 4.54. The van der Waals surface area contributed by atoms with Crippen molar-refractivity contribution in [3.63, 3.8) is 0 Å². The first kappa shape index (κ1) is 26.5. The molecule has 0 aromatic carbocycles. The molecule has 7 unspecified atom stereocenters. The first-order valence-corrected chi connectivity index (χ1v) is 10.9. The molecule has 4 N–H and O–H groups in total. The Morgan fingerprint density at radius 2 is 1.30 bits per heavy atom. The van der Waals surface area contributed by atoms with E-state index in [2.05, 4.69) is 0 Å². The molecule has 0 spiro atoms. The Morgan fingerprint density at radius 3 is 1.82 bits per heavy atom. The second-order valence-corrected chi connectivity index (χ2v) is 8.61. The number of carbonyl (C=O) groups excluding carboxylic acids is 1. The molecule has 0 amide bonds. The lowest BCUT2D eigenvalue weighted by molar-refractivity contribution is -0.377. The standard InChI is InChI=1S/C21H30O12/c1-2-16(32-21(30)15-8-11(18(24)25)4-6-14(15)20(28)29)33-31-9-12-7-10(17(22)23)3-5-13(12)19(26)27/h10-16H,2-9H2,1H3,(H,22,23)(H,24,25)(H,26,27)(H,28,29). The monoisotopic (exact) mass is 474 g/mol. The third kappa shape index (κ3) is 7.13. The molecule has 0 saturated heterocycles. The molecule has 0 heterocycles. The lowest BCUT2D eigenvalue weighted by atomic mass is 9.74. The summed E-state index contributed by atoms with van der Waals surface area (Å²) in [5.74, 6) is -10.5. The quantitative estimate of drug-likeness (QED) is 0.146. The number of hydrogen-bond acceptors (Lipinski definition) is 8. The second-order valence-electron chi connectivity index (χ2n) is 8.61. The van der Waals surface area contributed by atoms with Gasteiger partial charge in [-0.15, -0.1) is 0 Å². The number of ether oxygens (including phenoxy) is 1. The Kier molecular flexibility index (Phi) is 9.59. The van der Waals surface area contributed by atoms with Crippen molar-refractivity contribution < 1.29 is 58.9 Å². The van der Waals surface area contributed by atoms with Gasteiger partial charge in [-0.05, 0) is 44.4 Å². The van der Waals surface area contributed by atoms with Crippen LogP contribution in [0.15, 0.2) is 0 Å². The lowest BCUT2D eigenvalue weighted by Gasteiger charge is -2.32. The van der Waals surface area contributed by atoms with Crippen molar-refractivity contribution in [3.8, 4) is 0 Å². The van der Waals surface area contributed by atoms with Crippen molar-refractivity contribution >= 4 is 29.8 Å². The van der Waals surface area contributed by atoms with Gasteiger partial charge in [0.15, 0.2) is 0 Å². The maximum atomic E-state index is 12.6. The van der Waals surface area contributed by atoms with Crippen LogP contribution in [0.5, 0.6) is 0 Å². The molecule has 12 heteroatoms. The molecule has 0 radical (unpaired) electrons. The van der Waals surface area contributed by atoms with E-state index in [1.54, 1.807) is 6.92 Å². The van der Waals surface area contributed by atoms with Gasteiger partial charge in [0.1, 0.15) is 0 Å². The van der Waals surface area contributed by atoms with Crippen LogP contribution >= 0.6 is 0 Å². The van der Waals surface area contributed by atoms with Crippen molar-refractivity contribution in [3.05, 3.63) is 0 Å². The molecule has 0 aromatic heterocycles. The van der Waals surface area contributed by atoms with Gasteiger partial charge in [-0.25, -0.2) is 4.89 Å². The highest BCUT2D eigenvalue weighted by Gasteiger charge is 2.43. The minimum atomic E-state index is -1.22. The Labute approximate surface area is 189 Å². The summed E-state index contributed by atoms with van der Waals surface area (Å²) in [4.78, 5) is 68.4. The molecule has 33 heavy (non-hydrogen) atoms. The van der Waals surface area contributed by atoms with Crippen LogP contribution in [0.4, 0.5) is 0 Å². The Bertz CT molecular complexity index is 750. The molecule has 0 aliphatic heterocycles. The second kappa shape index (κ2) is 11.9. The number of aliphatic carboxylic acids is 4. The van der Waals surface area contributed by atoms with E-state index in [9.17, 15) is 44.4 Å². The van der Waals surface area contributed by atoms with Gasteiger partial charge in [-0.3, -0.25) is 24.0 Å². The van der Waals surface area contributed by atoms with Crippen LogP contribution in [0.25, 0.3) is 0 Å². The summed E-state index contributed by atoms with van der Waals surface area (Å²) < 4.78 is 5.22. The zero-order valence-electron chi connectivity index (χ0n) is 18.3. The molecule has 7 atom stereocenters. The first-order chi connectivity index (χ1) is 15.5. The molecule has 0 bridgehead atoms. The van der Waals surface area contributed by atoms with Crippen molar-refractivity contribution in [1.29, 1.82) is 0 Å². The van der Waals surface area contributed by atoms with Gasteiger partial charge < -0.3 is 25.2 Å². The van der Waals surface area contributed by atoms with Gasteiger partial charge in [0.25, 0.3) is 0 Å². The molecule has 186 valence electrons. The SMILES string of the molecule is CCC(OOCC1CC(C(=O)O)CCC1C(=O)O)OC(=O)C1CC(C(=O)O)CCC1C(=O)O. The van der Waals surface area contributed by atoms with Gasteiger partial charge in [-0.1, -0.05) is 6.92 Å². The van der Waals surface area contributed by atoms with Crippen LogP contribution in [-0.2, 0) is 38.5 Å². The summed E-state index contributed by atoms with van der Waals surface area (Å²) in [7, 11) is 0. The zero-order valence-corrected chi connectivity index (χ0v) is 18.3. The highest BCUT2D eigenvalue weighted by molar-refractivity contribution is 5.82. The van der Waals surface area contributed by atoms with E-state index in [0.717, 1.165) is 0 Å². The number of rotatable bonds is 11. The summed E-state index contributed by atoms with van der Waals surface area (Å²) in [6, 6.07) is 0. The number of esters is 1. The van der Waals surface area contributed by atoms with Crippen molar-refractivity contribution in [2.24, 2.45) is 35.5 Å². The summed E-state index contributed by atoms with van der Waals surface area (Å²) in [5.41, 5.74) is 0. The van der Waals surface area contributed by atoms with Gasteiger partial charge in [0.05, 0.1) is 36.2 Å². The van der Waals surface area contributed by atoms with E-state index in [1.165, 1.54) is 0 Å². The van der Waals surface area contributed by atoms with E-state index in [4.69, 9.17) is 14.5 Å². The smallest absolute Gasteiger partial charge is 0.312 e. The summed E-state index contributed by atoms with van der Waals surface area (Å²) in [5, 5.41) is 37.2. The van der Waals surface area contributed by atoms with Crippen molar-refractivity contribution in [2.45, 2.75) is 58.2 Å². The third-order valence-electron chi connectivity index (χ3n) is 6.51. The van der Waals surface area contributed by atoms with Crippen LogP contribution in [0, 0.1) is 35.5 Å². The maximum absolute atomic E-state index is 12.6. The zero-order chi connectivity index (χ0) is 24.7. The highest BCUT2D eigenvalue weighted by Crippen LogP contribution is 2.36. The van der Waals surface area contributed by atoms with Gasteiger partial charge in [0.2, 0.25) is 6.29 Å². The molecule has 0 aromatic rings. The van der Waals surface area contributed by atoms with Crippen molar-refractivity contribution in [1.82, 2.24) is 0 Å². The average Bonchev–Trinajstić information content (AvgIpc) is 2.77. The summed E-state index contributed by atoms with van der Waals surface area (Å²) in [6.07, 6.45) is -0.535. The third-order valence-corrected chi connectivity index (χ3v) is 6.51. The van der Waals surface area contributed by atoms with Gasteiger partial charge in [-0.2, -0.15) is 4.89 Å². The van der Waals surface area contributed by atoms with Crippen LogP contribution < -0.4 is 0 Å². The van der Waals surface area contributed by atoms with E-state index < -0.39 is 71.6 Å². The van der Waals surface area contributed by atoms with Crippen LogP contribution in [0.2, 0.25) is 0 Å². The molecule has 12 nitrogen and oxygen atoms in total. The minimum Gasteiger partial charge on any atom is -0.481 e. The number of hydrogen-bond donors (Lipinski definition) is 4. The topological polar surface area (TPSA) is 194 Å². The fourth-order valence-corrected chi connectivity index (χ4v) is 4.54. The number of carboxylic acid groups (broad SMARTS) is 4. The van der Waals surface area contributed by atoms with Gasteiger partial charge in [0, 0.05) is 6.42 Å². The van der Waals surface area contributed by atoms with E-state index in [-0.39, 0.29) is 51.6 Å². The molecule has 2 saturated carbocycles. The Morgan fingerprint density at radius 1 is 0.758 bits per heavy atom. The predicted octanol–water partition coefficient (Wildman–Crippen LogP) is 1.62. The van der Waals surface area contributed by atoms with E-state index >= 15 is 0 Å². The average molecular weight is 474 g/mol. The normalized spacial score (nSPS) is 30.7. The minimum absolute atomic E-state index is 0.0310. The fraction of sp³-hybridized carbons (Fsp3) is 0.762. The highest BCUT2D eigenvalue weighted by atomic mass is 17.2. The van der Waals surface area contributed by atoms with E-state index in [0.29, 0.717) is 0 Å². The summed E-state index contributed by atoms with van der Waals surface area (Å²) >= 11 is 0. The Hall–Kier alpha value is -2.73. The molecule has 2 aliphatic rings. The van der Waals surface area contributed by atoms with Crippen molar-refractivity contribution in [2.75, 3.05) is 6.61 Å². The first-order valence-electron chi connectivity index (χ1n) is 10.9. The lowest BCUT2D eigenvalue weighted by Crippen LogP contribution is -2.40. The van der Waals surface area contributed by atoms with Crippen LogP contribution in [-0.4, -0.2) is 63.2 Å². The van der Waals surface area contributed by atoms with E-state index in [1.807, 2.05) is 0 Å². The van der Waals surface area contributed by atoms with Crippen LogP contribution in [0.1, 0.15) is 51.9 Å². The Balaban J connectivity index is 1.94. The largest absolute Gasteiger partial charge is 0.481 e. The maximum Gasteiger partial charge on any atom is 0.312 e. The molecular weight excluding hydrogens is 444 g/mol. The van der Waals surface area contributed by atoms with Gasteiger partial charge >= 0.3 is 29.8 Å². The molecule has 2 fully saturated rings. The molecule has 2 aliphatic carbocycles. The number of carboxylic acids is 4. The number of carbonyl (C=O) groups is 5. The molecule has 2 rings (SSSR count). The molecular formula is C21H30O12. The van der Waals surface area contributed by atoms with Crippen LogP contribution in [0.3, 0.4) is 0 Å². The summed E-state index contributed by atoms with van der Waals surface area (Å²) in [6.45, 7) is 1.38. The predicted molar refractivity (Wildman–Crippen MR) is 106 cm³/mol.